The van der Waals surface area contributed by atoms with Gasteiger partial charge in [0.2, 0.25) is 11.8 Å². The van der Waals surface area contributed by atoms with Crippen molar-refractivity contribution in [2.45, 2.75) is 51.9 Å². The number of phosphoric acid groups is 1. The zero-order chi connectivity index (χ0) is 25.8. The standard InChI is InChI=1S/C20H35N2O10PS/c1-6-29-16(24)12-14(19(26)30-7-2)34-11-10-21-15(23)8-9-22-18(25)17-20(3,4)13-31-33(27,28-5)32-17/h14,17H,6-13H2,1-5H3,(H,21,23)(H,22,25)/t14?,17-,33?/m0/s1. The number of rotatable bonds is 14. The van der Waals surface area contributed by atoms with Crippen LogP contribution in [0, 0.1) is 5.41 Å². The number of phosphoric ester groups is 1. The summed E-state index contributed by atoms with van der Waals surface area (Å²) >= 11 is 1.19. The number of thioether (sulfide) groups is 1. The highest BCUT2D eigenvalue weighted by Gasteiger charge is 2.48. The van der Waals surface area contributed by atoms with Gasteiger partial charge in [0.1, 0.15) is 5.25 Å². The number of hydrogen-bond acceptors (Lipinski definition) is 11. The average Bonchev–Trinajstić information content (AvgIpc) is 2.78. The van der Waals surface area contributed by atoms with E-state index in [4.69, 9.17) is 23.0 Å². The van der Waals surface area contributed by atoms with Crippen molar-refractivity contribution in [3.8, 4) is 0 Å². The van der Waals surface area contributed by atoms with Crippen LogP contribution in [0.1, 0.15) is 40.5 Å². The third kappa shape index (κ3) is 10.3. The Labute approximate surface area is 204 Å². The van der Waals surface area contributed by atoms with Crippen LogP contribution in [0.25, 0.3) is 0 Å². The van der Waals surface area contributed by atoms with Crippen LogP contribution in [0.5, 0.6) is 0 Å². The summed E-state index contributed by atoms with van der Waals surface area (Å²) in [4.78, 5) is 48.3. The van der Waals surface area contributed by atoms with Crippen molar-refractivity contribution in [3.63, 3.8) is 0 Å². The molecule has 0 saturated carbocycles. The quantitative estimate of drug-likeness (QED) is 0.192. The minimum absolute atomic E-state index is 0.00608. The van der Waals surface area contributed by atoms with E-state index >= 15 is 0 Å². The minimum Gasteiger partial charge on any atom is -0.466 e. The number of carbonyl (C=O) groups is 4. The molecule has 1 aliphatic heterocycles. The Morgan fingerprint density at radius 2 is 1.79 bits per heavy atom. The van der Waals surface area contributed by atoms with Gasteiger partial charge in [-0.25, -0.2) is 4.57 Å². The molecule has 2 unspecified atom stereocenters. The van der Waals surface area contributed by atoms with Gasteiger partial charge in [0, 0.05) is 37.8 Å². The van der Waals surface area contributed by atoms with Crippen LogP contribution in [-0.4, -0.2) is 80.9 Å². The molecule has 3 atom stereocenters. The molecule has 0 aromatic carbocycles. The topological polar surface area (TPSA) is 156 Å². The lowest BCUT2D eigenvalue weighted by Crippen LogP contribution is -2.50. The Hall–Kier alpha value is -1.66. The van der Waals surface area contributed by atoms with Gasteiger partial charge in [0.05, 0.1) is 26.2 Å². The molecule has 2 N–H and O–H groups in total. The summed E-state index contributed by atoms with van der Waals surface area (Å²) in [7, 11) is -2.62. The summed E-state index contributed by atoms with van der Waals surface area (Å²) < 4.78 is 37.1. The summed E-state index contributed by atoms with van der Waals surface area (Å²) in [6, 6.07) is 0. The molecule has 0 spiro atoms. The van der Waals surface area contributed by atoms with Crippen molar-refractivity contribution >= 4 is 43.3 Å². The maximum atomic E-state index is 12.5. The molecule has 1 fully saturated rings. The number of esters is 2. The van der Waals surface area contributed by atoms with Crippen molar-refractivity contribution in [2.24, 2.45) is 5.41 Å². The first-order chi connectivity index (χ1) is 16.0. The Kier molecular flexibility index (Phi) is 13.1. The van der Waals surface area contributed by atoms with Gasteiger partial charge in [-0.15, -0.1) is 11.8 Å². The highest BCUT2D eigenvalue weighted by Crippen LogP contribution is 2.56. The van der Waals surface area contributed by atoms with Gasteiger partial charge < -0.3 is 20.1 Å². The lowest BCUT2D eigenvalue weighted by atomic mass is 9.87. The lowest BCUT2D eigenvalue weighted by Gasteiger charge is -2.39. The average molecular weight is 527 g/mol. The van der Waals surface area contributed by atoms with Crippen molar-refractivity contribution < 1.29 is 46.8 Å². The fraction of sp³-hybridized carbons (Fsp3) is 0.800. The second kappa shape index (κ2) is 14.7. The Morgan fingerprint density at radius 3 is 2.41 bits per heavy atom. The largest absolute Gasteiger partial charge is 0.475 e. The minimum atomic E-state index is -3.79. The number of carbonyl (C=O) groups excluding carboxylic acids is 4. The van der Waals surface area contributed by atoms with Gasteiger partial charge in [-0.3, -0.25) is 32.7 Å². The predicted molar refractivity (Wildman–Crippen MR) is 124 cm³/mol. The molecule has 1 aliphatic rings. The molecule has 0 radical (unpaired) electrons. The molecule has 14 heteroatoms. The van der Waals surface area contributed by atoms with Crippen LogP contribution in [0.4, 0.5) is 0 Å². The number of ether oxygens (including phenoxy) is 2. The summed E-state index contributed by atoms with van der Waals surface area (Å²) in [5.74, 6) is -1.46. The van der Waals surface area contributed by atoms with Crippen molar-refractivity contribution in [2.75, 3.05) is 45.8 Å². The molecule has 0 aromatic heterocycles. The van der Waals surface area contributed by atoms with E-state index in [1.165, 1.54) is 18.9 Å². The first kappa shape index (κ1) is 30.4. The lowest BCUT2D eigenvalue weighted by molar-refractivity contribution is -0.149. The molecule has 196 valence electrons. The van der Waals surface area contributed by atoms with Gasteiger partial charge >= 0.3 is 19.8 Å². The molecular weight excluding hydrogens is 491 g/mol. The Bertz CT molecular complexity index is 764. The fourth-order valence-electron chi connectivity index (χ4n) is 2.81. The number of amides is 2. The van der Waals surface area contributed by atoms with Gasteiger partial charge in [0.15, 0.2) is 6.10 Å². The molecule has 12 nitrogen and oxygen atoms in total. The molecule has 34 heavy (non-hydrogen) atoms. The van der Waals surface area contributed by atoms with Crippen LogP contribution in [0.15, 0.2) is 0 Å². The van der Waals surface area contributed by atoms with E-state index in [1.807, 2.05) is 0 Å². The third-order valence-corrected chi connectivity index (χ3v) is 7.16. The van der Waals surface area contributed by atoms with Crippen molar-refractivity contribution in [1.29, 1.82) is 0 Å². The maximum absolute atomic E-state index is 12.5. The van der Waals surface area contributed by atoms with E-state index in [9.17, 15) is 23.7 Å². The van der Waals surface area contributed by atoms with Crippen LogP contribution < -0.4 is 10.6 Å². The third-order valence-electron chi connectivity index (χ3n) is 4.60. The first-order valence-electron chi connectivity index (χ1n) is 10.9. The fourth-order valence-corrected chi connectivity index (χ4v) is 5.16. The highest BCUT2D eigenvalue weighted by atomic mass is 32.2. The predicted octanol–water partition coefficient (Wildman–Crippen LogP) is 1.42. The van der Waals surface area contributed by atoms with E-state index in [1.54, 1.807) is 27.7 Å². The Balaban J connectivity index is 2.39. The second-order valence-electron chi connectivity index (χ2n) is 7.89. The second-order valence-corrected chi connectivity index (χ2v) is 10.9. The Morgan fingerprint density at radius 1 is 1.12 bits per heavy atom. The van der Waals surface area contributed by atoms with Crippen LogP contribution >= 0.6 is 19.6 Å². The van der Waals surface area contributed by atoms with Gasteiger partial charge in [0.25, 0.3) is 0 Å². The van der Waals surface area contributed by atoms with Gasteiger partial charge in [-0.05, 0) is 13.8 Å². The highest BCUT2D eigenvalue weighted by molar-refractivity contribution is 8.00. The van der Waals surface area contributed by atoms with E-state index in [0.29, 0.717) is 5.75 Å². The SMILES string of the molecule is CCOC(=O)CC(SCCNC(=O)CCNC(=O)[C@@H]1OP(=O)(OC)OCC1(C)C)C(=O)OCC. The normalized spacial score (nSPS) is 22.3. The smallest absolute Gasteiger partial charge is 0.466 e. The summed E-state index contributed by atoms with van der Waals surface area (Å²) in [6.45, 7) is 7.53. The number of hydrogen-bond donors (Lipinski definition) is 2. The first-order valence-corrected chi connectivity index (χ1v) is 13.5. The molecule has 1 heterocycles. The molecule has 2 amide bonds. The zero-order valence-electron chi connectivity index (χ0n) is 20.2. The van der Waals surface area contributed by atoms with Gasteiger partial charge in [-0.1, -0.05) is 13.8 Å². The van der Waals surface area contributed by atoms with Crippen LogP contribution in [0.2, 0.25) is 0 Å². The monoisotopic (exact) mass is 526 g/mol. The van der Waals surface area contributed by atoms with Crippen molar-refractivity contribution in [1.82, 2.24) is 10.6 Å². The molecule has 1 rings (SSSR count). The van der Waals surface area contributed by atoms with Gasteiger partial charge in [-0.2, -0.15) is 0 Å². The maximum Gasteiger partial charge on any atom is 0.475 e. The summed E-state index contributed by atoms with van der Waals surface area (Å²) in [6.07, 6.45) is -1.17. The van der Waals surface area contributed by atoms with E-state index in [0.717, 1.165) is 0 Å². The zero-order valence-corrected chi connectivity index (χ0v) is 22.0. The number of nitrogens with one attached hydrogen (secondary N) is 2. The molecule has 0 aliphatic carbocycles. The van der Waals surface area contributed by atoms with E-state index in [-0.39, 0.29) is 51.7 Å². The molecule has 0 aromatic rings. The molecule has 0 bridgehead atoms. The van der Waals surface area contributed by atoms with Crippen LogP contribution in [0.3, 0.4) is 0 Å². The summed E-state index contributed by atoms with van der Waals surface area (Å²) in [5.41, 5.74) is -0.741. The van der Waals surface area contributed by atoms with E-state index < -0.39 is 42.4 Å². The molecule has 1 saturated heterocycles. The van der Waals surface area contributed by atoms with Crippen molar-refractivity contribution in [3.05, 3.63) is 0 Å². The van der Waals surface area contributed by atoms with E-state index in [2.05, 4.69) is 10.6 Å². The summed E-state index contributed by atoms with van der Waals surface area (Å²) in [5, 5.41) is 4.56. The molecular formula is C20H35N2O10PS. The van der Waals surface area contributed by atoms with Crippen LogP contribution in [-0.2, 0) is 46.8 Å².